The Bertz CT molecular complexity index is 1300. The molecule has 1 aromatic heterocycles. The summed E-state index contributed by atoms with van der Waals surface area (Å²) in [6, 6.07) is 5.11. The number of aryl methyl sites for hydroxylation is 1. The lowest BCUT2D eigenvalue weighted by atomic mass is 9.62. The summed E-state index contributed by atoms with van der Waals surface area (Å²) in [7, 11) is 1.32. The van der Waals surface area contributed by atoms with Gasteiger partial charge in [-0.2, -0.15) is 0 Å². The maximum absolute atomic E-state index is 15.9. The highest BCUT2D eigenvalue weighted by Gasteiger charge is 2.38. The maximum Gasteiger partial charge on any atom is 0.325 e. The van der Waals surface area contributed by atoms with Gasteiger partial charge in [0.1, 0.15) is 5.82 Å². The van der Waals surface area contributed by atoms with Gasteiger partial charge in [-0.3, -0.25) is 4.98 Å². The third kappa shape index (κ3) is 3.83. The minimum Gasteiger partial charge on any atom is -0.493 e. The minimum atomic E-state index is -0.710. The summed E-state index contributed by atoms with van der Waals surface area (Å²) in [5.74, 6) is -1.92. The largest absolute Gasteiger partial charge is 0.493 e. The van der Waals surface area contributed by atoms with Crippen LogP contribution >= 0.6 is 0 Å². The average Bonchev–Trinajstić information content (AvgIpc) is 3.04. The van der Waals surface area contributed by atoms with Crippen molar-refractivity contribution in [2.75, 3.05) is 7.11 Å². The van der Waals surface area contributed by atoms with Crippen LogP contribution in [0.2, 0.25) is 0 Å². The van der Waals surface area contributed by atoms with Crippen LogP contribution in [-0.2, 0) is 17.3 Å². The molecule has 3 aromatic rings. The lowest BCUT2D eigenvalue weighted by Crippen LogP contribution is -2.34. The highest BCUT2D eigenvalue weighted by Crippen LogP contribution is 2.49. The first-order chi connectivity index (χ1) is 15.4. The Morgan fingerprint density at radius 3 is 2.18 bits per heavy atom. The van der Waals surface area contributed by atoms with Crippen LogP contribution in [0.4, 0.5) is 8.78 Å². The van der Waals surface area contributed by atoms with Crippen LogP contribution in [0, 0.1) is 18.6 Å². The van der Waals surface area contributed by atoms with E-state index in [0.717, 1.165) is 30.0 Å². The Morgan fingerprint density at radius 2 is 1.64 bits per heavy atom. The van der Waals surface area contributed by atoms with Gasteiger partial charge in [0, 0.05) is 6.42 Å². The number of hydrogen-bond acceptors (Lipinski definition) is 3. The number of aromatic hydroxyl groups is 1. The van der Waals surface area contributed by atoms with Crippen LogP contribution in [0.1, 0.15) is 68.5 Å². The van der Waals surface area contributed by atoms with E-state index in [9.17, 15) is 9.90 Å². The lowest BCUT2D eigenvalue weighted by molar-refractivity contribution is 0.332. The Morgan fingerprint density at radius 1 is 1.03 bits per heavy atom. The molecule has 5 nitrogen and oxygen atoms in total. The molecule has 3 N–H and O–H groups in total. The molecule has 176 valence electrons. The smallest absolute Gasteiger partial charge is 0.325 e. The summed E-state index contributed by atoms with van der Waals surface area (Å²) in [5.41, 5.74) is 3.14. The Kier molecular flexibility index (Phi) is 5.42. The highest BCUT2D eigenvalue weighted by atomic mass is 19.1. The predicted octanol–water partition coefficient (Wildman–Crippen LogP) is 5.61. The molecule has 0 aliphatic heterocycles. The molecule has 0 amide bonds. The number of aromatic amines is 2. The number of nitrogens with one attached hydrogen (secondary N) is 2. The van der Waals surface area contributed by atoms with Crippen molar-refractivity contribution in [2.24, 2.45) is 0 Å². The molecule has 0 bridgehead atoms. The van der Waals surface area contributed by atoms with Crippen molar-refractivity contribution in [3.8, 4) is 22.8 Å². The van der Waals surface area contributed by atoms with E-state index in [1.54, 1.807) is 0 Å². The van der Waals surface area contributed by atoms with Gasteiger partial charge in [0.2, 0.25) is 5.88 Å². The summed E-state index contributed by atoms with van der Waals surface area (Å²) in [6.45, 7) is 10.7. The molecular formula is C26H30F2N2O3. The van der Waals surface area contributed by atoms with Gasteiger partial charge < -0.3 is 14.8 Å². The number of imidazole rings is 1. The first-order valence-electron chi connectivity index (χ1n) is 11.1. The van der Waals surface area contributed by atoms with Crippen LogP contribution in [0.15, 0.2) is 23.0 Å². The molecule has 0 radical (unpaired) electrons. The fourth-order valence-corrected chi connectivity index (χ4v) is 4.95. The summed E-state index contributed by atoms with van der Waals surface area (Å²) >= 11 is 0. The highest BCUT2D eigenvalue weighted by molar-refractivity contribution is 5.77. The van der Waals surface area contributed by atoms with Crippen LogP contribution < -0.4 is 10.4 Å². The second-order valence-electron chi connectivity index (χ2n) is 10.3. The molecule has 0 saturated heterocycles. The van der Waals surface area contributed by atoms with Crippen LogP contribution in [0.5, 0.6) is 11.6 Å². The second-order valence-corrected chi connectivity index (χ2v) is 10.3. The number of rotatable bonds is 4. The summed E-state index contributed by atoms with van der Waals surface area (Å²) in [4.78, 5) is 16.1. The molecule has 0 unspecified atom stereocenters. The quantitative estimate of drug-likeness (QED) is 0.477. The molecule has 4 rings (SSSR count). The van der Waals surface area contributed by atoms with Crippen molar-refractivity contribution in [2.45, 2.75) is 64.7 Å². The SMILES string of the molecule is COc1c(F)cc(Cc2[nH]c(=O)[nH]c2O)c(F)c1-c1cc2c(cc1C)C(C)(C)CCC2(C)C. The number of H-pyrrole nitrogens is 2. The van der Waals surface area contributed by atoms with Gasteiger partial charge in [-0.15, -0.1) is 0 Å². The van der Waals surface area contributed by atoms with Crippen LogP contribution in [0.3, 0.4) is 0 Å². The minimum absolute atomic E-state index is 0.00515. The van der Waals surface area contributed by atoms with E-state index in [1.165, 1.54) is 12.7 Å². The number of benzene rings is 2. The number of fused-ring (bicyclic) bond motifs is 1. The number of methoxy groups -OCH3 is 1. The van der Waals surface area contributed by atoms with Crippen molar-refractivity contribution >= 4 is 0 Å². The molecule has 0 atom stereocenters. The molecular weight excluding hydrogens is 426 g/mol. The van der Waals surface area contributed by atoms with E-state index >= 15 is 8.78 Å². The topological polar surface area (TPSA) is 78.1 Å². The number of ether oxygens (including phenoxy) is 1. The van der Waals surface area contributed by atoms with E-state index in [1.807, 2.05) is 13.0 Å². The first-order valence-corrected chi connectivity index (χ1v) is 11.1. The normalized spacial score (nSPS) is 16.5. The van der Waals surface area contributed by atoms with Crippen molar-refractivity contribution in [3.63, 3.8) is 0 Å². The zero-order chi connectivity index (χ0) is 24.3. The summed E-state index contributed by atoms with van der Waals surface area (Å²) in [5, 5.41) is 9.90. The maximum atomic E-state index is 15.9. The number of halogens is 2. The molecule has 0 spiro atoms. The van der Waals surface area contributed by atoms with Gasteiger partial charge in [0.25, 0.3) is 0 Å². The lowest BCUT2D eigenvalue weighted by Gasteiger charge is -2.42. The summed E-state index contributed by atoms with van der Waals surface area (Å²) in [6.07, 6.45) is 1.85. The second kappa shape index (κ2) is 7.75. The number of aromatic nitrogens is 2. The Hall–Kier alpha value is -3.09. The van der Waals surface area contributed by atoms with E-state index in [0.29, 0.717) is 5.56 Å². The van der Waals surface area contributed by atoms with E-state index < -0.39 is 23.2 Å². The molecule has 2 aromatic carbocycles. The predicted molar refractivity (Wildman–Crippen MR) is 124 cm³/mol. The van der Waals surface area contributed by atoms with Gasteiger partial charge in [-0.25, -0.2) is 13.6 Å². The van der Waals surface area contributed by atoms with E-state index in [-0.39, 0.29) is 39.8 Å². The average molecular weight is 457 g/mol. The van der Waals surface area contributed by atoms with Gasteiger partial charge >= 0.3 is 5.69 Å². The van der Waals surface area contributed by atoms with Crippen LogP contribution in [-0.4, -0.2) is 22.2 Å². The molecule has 0 fully saturated rings. The monoisotopic (exact) mass is 456 g/mol. The van der Waals surface area contributed by atoms with Gasteiger partial charge in [0.05, 0.1) is 18.4 Å². The molecule has 33 heavy (non-hydrogen) atoms. The van der Waals surface area contributed by atoms with Crippen molar-refractivity contribution < 1.29 is 18.6 Å². The standard InChI is InChI=1S/C26H30F2N2O3/c1-13-9-16-17(26(4,5)8-7-25(16,2)3)12-15(13)20-21(28)14(10-18(27)22(20)33-6)11-19-23(31)30-24(32)29-19/h9-10,12,31H,7-8,11H2,1-6H3,(H2,29,30,32). The van der Waals surface area contributed by atoms with Gasteiger partial charge in [-0.05, 0) is 70.5 Å². The van der Waals surface area contributed by atoms with E-state index in [2.05, 4.69) is 43.7 Å². The Balaban J connectivity index is 1.96. The molecule has 1 aliphatic rings. The fourth-order valence-electron chi connectivity index (χ4n) is 4.95. The van der Waals surface area contributed by atoms with Gasteiger partial charge in [-0.1, -0.05) is 33.8 Å². The summed E-state index contributed by atoms with van der Waals surface area (Å²) < 4.78 is 36.3. The zero-order valence-corrected chi connectivity index (χ0v) is 19.9. The molecule has 7 heteroatoms. The molecule has 1 aliphatic carbocycles. The number of hydrogen-bond donors (Lipinski definition) is 3. The third-order valence-corrected chi connectivity index (χ3v) is 7.07. The van der Waals surface area contributed by atoms with Crippen molar-refractivity contribution in [3.05, 3.63) is 68.3 Å². The van der Waals surface area contributed by atoms with Crippen molar-refractivity contribution in [1.82, 2.24) is 9.97 Å². The fraction of sp³-hybridized carbons (Fsp3) is 0.423. The van der Waals surface area contributed by atoms with Gasteiger partial charge in [0.15, 0.2) is 11.6 Å². The molecule has 1 heterocycles. The first kappa shape index (κ1) is 23.1. The molecule has 0 saturated carbocycles. The Labute approximate surface area is 191 Å². The van der Waals surface area contributed by atoms with Crippen LogP contribution in [0.25, 0.3) is 11.1 Å². The third-order valence-electron chi connectivity index (χ3n) is 7.07. The van der Waals surface area contributed by atoms with E-state index in [4.69, 9.17) is 4.74 Å². The van der Waals surface area contributed by atoms with Crippen molar-refractivity contribution in [1.29, 1.82) is 0 Å². The zero-order valence-electron chi connectivity index (χ0n) is 19.9.